The van der Waals surface area contributed by atoms with Crippen LogP contribution in [0.2, 0.25) is 0 Å². The average molecular weight is 348 g/mol. The second-order valence-electron chi connectivity index (χ2n) is 4.44. The maximum Gasteiger partial charge on any atom is 0.246 e. The van der Waals surface area contributed by atoms with E-state index in [1.165, 1.54) is 6.07 Å². The molecule has 0 aliphatic rings. The molecule has 0 fully saturated rings. The molecule has 2 N–H and O–H groups in total. The third kappa shape index (κ3) is 5.98. The number of carbonyl (C=O) groups is 1. The topological polar surface area (TPSA) is 58.6 Å². The Labute approximate surface area is 126 Å². The van der Waals surface area contributed by atoms with Gasteiger partial charge in [0.15, 0.2) is 0 Å². The summed E-state index contributed by atoms with van der Waals surface area (Å²) in [5.41, 5.74) is 0.899. The molecule has 0 aliphatic carbocycles. The number of benzene rings is 1. The Balaban J connectivity index is 2.46. The summed E-state index contributed by atoms with van der Waals surface area (Å²) in [6.07, 6.45) is 0.560. The minimum absolute atomic E-state index is 0.0245. The van der Waals surface area contributed by atoms with E-state index in [4.69, 9.17) is 4.74 Å². The average Bonchev–Trinajstić information content (AvgIpc) is 2.44. The van der Waals surface area contributed by atoms with Crippen LogP contribution in [-0.4, -0.2) is 37.4 Å². The quantitative estimate of drug-likeness (QED) is 0.754. The Morgan fingerprint density at radius 2 is 2.30 bits per heavy atom. The molecule has 0 aromatic heterocycles. The molecule has 20 heavy (non-hydrogen) atoms. The molecule has 1 unspecified atom stereocenters. The molecule has 4 nitrogen and oxygen atoms in total. The molecular weight excluding hydrogens is 329 g/mol. The lowest BCUT2D eigenvalue weighted by Gasteiger charge is -2.15. The number of amides is 1. The van der Waals surface area contributed by atoms with Crippen molar-refractivity contribution in [3.63, 3.8) is 0 Å². The molecule has 0 radical (unpaired) electrons. The summed E-state index contributed by atoms with van der Waals surface area (Å²) >= 11 is 3.12. The lowest BCUT2D eigenvalue weighted by atomic mass is 10.00. The Morgan fingerprint density at radius 3 is 2.90 bits per heavy atom. The van der Waals surface area contributed by atoms with Crippen molar-refractivity contribution in [2.75, 3.05) is 26.4 Å². The van der Waals surface area contributed by atoms with Crippen LogP contribution in [0.4, 0.5) is 4.39 Å². The molecule has 112 valence electrons. The third-order valence-electron chi connectivity index (χ3n) is 2.79. The Bertz CT molecular complexity index is 442. The molecule has 1 rings (SSSR count). The van der Waals surface area contributed by atoms with Gasteiger partial charge in [-0.05, 0) is 47.0 Å². The van der Waals surface area contributed by atoms with Crippen LogP contribution in [0.5, 0.6) is 0 Å². The van der Waals surface area contributed by atoms with Crippen LogP contribution < -0.4 is 5.32 Å². The molecule has 1 aromatic rings. The van der Waals surface area contributed by atoms with Gasteiger partial charge in [0.25, 0.3) is 0 Å². The first-order chi connectivity index (χ1) is 9.56. The number of hydrogen-bond donors (Lipinski definition) is 2. The number of rotatable bonds is 8. The van der Waals surface area contributed by atoms with Gasteiger partial charge in [-0.25, -0.2) is 4.39 Å². The summed E-state index contributed by atoms with van der Waals surface area (Å²) < 4.78 is 18.5. The van der Waals surface area contributed by atoms with Crippen molar-refractivity contribution >= 4 is 21.8 Å². The number of hydrogen-bond acceptors (Lipinski definition) is 3. The maximum absolute atomic E-state index is 13.1. The van der Waals surface area contributed by atoms with Crippen molar-refractivity contribution in [1.82, 2.24) is 5.32 Å². The fourth-order valence-electron chi connectivity index (χ4n) is 1.71. The third-order valence-corrected chi connectivity index (χ3v) is 3.40. The van der Waals surface area contributed by atoms with E-state index in [9.17, 15) is 14.3 Å². The van der Waals surface area contributed by atoms with Gasteiger partial charge in [-0.2, -0.15) is 0 Å². The first-order valence-electron chi connectivity index (χ1n) is 6.46. The molecule has 6 heteroatoms. The van der Waals surface area contributed by atoms with Gasteiger partial charge in [0.2, 0.25) is 5.91 Å². The number of ether oxygens (including phenoxy) is 1. The van der Waals surface area contributed by atoms with Gasteiger partial charge in [0, 0.05) is 25.7 Å². The van der Waals surface area contributed by atoms with Gasteiger partial charge < -0.3 is 15.2 Å². The molecule has 0 heterocycles. The van der Waals surface area contributed by atoms with Crippen molar-refractivity contribution in [3.8, 4) is 0 Å². The second-order valence-corrected chi connectivity index (χ2v) is 5.30. The van der Waals surface area contributed by atoms with Crippen LogP contribution in [0.3, 0.4) is 0 Å². The summed E-state index contributed by atoms with van der Waals surface area (Å²) in [6.45, 7) is 2.63. The van der Waals surface area contributed by atoms with Crippen molar-refractivity contribution in [1.29, 1.82) is 0 Å². The lowest BCUT2D eigenvalue weighted by Crippen LogP contribution is -2.34. The fraction of sp³-hybridized carbons (Fsp3) is 0.500. The Morgan fingerprint density at radius 1 is 1.55 bits per heavy atom. The molecule has 1 amide bonds. The van der Waals surface area contributed by atoms with Crippen LogP contribution in [0.1, 0.15) is 12.5 Å². The monoisotopic (exact) mass is 347 g/mol. The van der Waals surface area contributed by atoms with E-state index in [2.05, 4.69) is 21.2 Å². The second kappa shape index (κ2) is 9.05. The van der Waals surface area contributed by atoms with E-state index >= 15 is 0 Å². The number of aliphatic hydroxyl groups excluding tert-OH is 1. The highest BCUT2D eigenvalue weighted by Crippen LogP contribution is 2.18. The van der Waals surface area contributed by atoms with Crippen LogP contribution in [-0.2, 0) is 16.0 Å². The highest BCUT2D eigenvalue weighted by Gasteiger charge is 2.11. The summed E-state index contributed by atoms with van der Waals surface area (Å²) in [5.74, 6) is -0.636. The zero-order chi connectivity index (χ0) is 15.0. The van der Waals surface area contributed by atoms with Gasteiger partial charge >= 0.3 is 0 Å². The number of carbonyl (C=O) groups excluding carboxylic acids is 1. The summed E-state index contributed by atoms with van der Waals surface area (Å²) in [6, 6.07) is 4.73. The minimum atomic E-state index is -0.320. The van der Waals surface area contributed by atoms with Gasteiger partial charge in [0.1, 0.15) is 12.4 Å². The summed E-state index contributed by atoms with van der Waals surface area (Å²) in [7, 11) is 0. The van der Waals surface area contributed by atoms with E-state index in [0.29, 0.717) is 24.0 Å². The SMILES string of the molecule is CCOCC(=O)NCC(CO)Cc1ccc(F)c(Br)c1. The van der Waals surface area contributed by atoms with Gasteiger partial charge in [-0.1, -0.05) is 6.07 Å². The number of aliphatic hydroxyl groups is 1. The van der Waals surface area contributed by atoms with E-state index in [0.717, 1.165) is 5.56 Å². The van der Waals surface area contributed by atoms with Crippen molar-refractivity contribution in [3.05, 3.63) is 34.1 Å². The number of nitrogens with one attached hydrogen (secondary N) is 1. The van der Waals surface area contributed by atoms with Gasteiger partial charge in [-0.15, -0.1) is 0 Å². The largest absolute Gasteiger partial charge is 0.396 e. The normalized spacial score (nSPS) is 12.2. The van der Waals surface area contributed by atoms with Gasteiger partial charge in [-0.3, -0.25) is 4.79 Å². The highest BCUT2D eigenvalue weighted by molar-refractivity contribution is 9.10. The maximum atomic E-state index is 13.1. The predicted octanol–water partition coefficient (Wildman–Crippen LogP) is 1.89. The zero-order valence-corrected chi connectivity index (χ0v) is 13.0. The van der Waals surface area contributed by atoms with E-state index in [1.54, 1.807) is 12.1 Å². The van der Waals surface area contributed by atoms with Crippen molar-refractivity contribution in [2.24, 2.45) is 5.92 Å². The fourth-order valence-corrected chi connectivity index (χ4v) is 2.13. The van der Waals surface area contributed by atoms with Crippen molar-refractivity contribution < 1.29 is 19.0 Å². The first kappa shape index (κ1) is 17.1. The van der Waals surface area contributed by atoms with E-state index in [-0.39, 0.29) is 30.9 Å². The molecule has 1 aromatic carbocycles. The van der Waals surface area contributed by atoms with Gasteiger partial charge in [0.05, 0.1) is 4.47 Å². The zero-order valence-electron chi connectivity index (χ0n) is 11.4. The standard InChI is InChI=1S/C14H19BrFNO3/c1-2-20-9-14(19)17-7-11(8-18)5-10-3-4-13(16)12(15)6-10/h3-4,6,11,18H,2,5,7-9H2,1H3,(H,17,19). The molecule has 0 spiro atoms. The Hall–Kier alpha value is -0.980. The summed E-state index contributed by atoms with van der Waals surface area (Å²) in [5, 5.41) is 12.0. The minimum Gasteiger partial charge on any atom is -0.396 e. The molecule has 0 saturated heterocycles. The van der Waals surface area contributed by atoms with E-state index < -0.39 is 0 Å². The predicted molar refractivity (Wildman–Crippen MR) is 77.9 cm³/mol. The smallest absolute Gasteiger partial charge is 0.246 e. The number of halogens is 2. The molecule has 0 saturated carbocycles. The lowest BCUT2D eigenvalue weighted by molar-refractivity contribution is -0.125. The van der Waals surface area contributed by atoms with Crippen molar-refractivity contribution in [2.45, 2.75) is 13.3 Å². The Kier molecular flexibility index (Phi) is 7.72. The first-order valence-corrected chi connectivity index (χ1v) is 7.25. The summed E-state index contributed by atoms with van der Waals surface area (Å²) in [4.78, 5) is 11.4. The molecule has 0 aliphatic heterocycles. The highest BCUT2D eigenvalue weighted by atomic mass is 79.9. The molecule has 1 atom stereocenters. The molecule has 0 bridgehead atoms. The van der Waals surface area contributed by atoms with Crippen LogP contribution in [0, 0.1) is 11.7 Å². The van der Waals surface area contributed by atoms with Crippen LogP contribution in [0.25, 0.3) is 0 Å². The van der Waals surface area contributed by atoms with Crippen LogP contribution in [0.15, 0.2) is 22.7 Å². The molecular formula is C14H19BrFNO3. The van der Waals surface area contributed by atoms with Crippen LogP contribution >= 0.6 is 15.9 Å². The van der Waals surface area contributed by atoms with E-state index in [1.807, 2.05) is 6.92 Å².